The fraction of sp³-hybridized carbons (Fsp3) is 0.400. The Balaban J connectivity index is 1.83. The summed E-state index contributed by atoms with van der Waals surface area (Å²) >= 11 is 0. The van der Waals surface area contributed by atoms with Gasteiger partial charge in [-0.25, -0.2) is 0 Å². The van der Waals surface area contributed by atoms with E-state index in [4.69, 9.17) is 4.74 Å². The van der Waals surface area contributed by atoms with Gasteiger partial charge in [0.15, 0.2) is 0 Å². The average Bonchev–Trinajstić information content (AvgIpc) is 3.02. The monoisotopic (exact) mass is 288 g/mol. The van der Waals surface area contributed by atoms with Crippen LogP contribution in [0, 0.1) is 0 Å². The number of fused-ring (bicyclic) bond motifs is 1. The normalized spacial score (nSPS) is 20.8. The summed E-state index contributed by atoms with van der Waals surface area (Å²) in [5.41, 5.74) is 1.23. The molecular formula is C15H16N2O4. The molecule has 6 nitrogen and oxygen atoms in total. The number of anilines is 1. The van der Waals surface area contributed by atoms with Crippen molar-refractivity contribution in [1.82, 2.24) is 4.90 Å². The Morgan fingerprint density at radius 2 is 2.10 bits per heavy atom. The first-order chi connectivity index (χ1) is 10.1. The summed E-state index contributed by atoms with van der Waals surface area (Å²) in [4.78, 5) is 37.0. The van der Waals surface area contributed by atoms with Crippen LogP contribution in [-0.4, -0.2) is 41.9 Å². The number of carbonyl (C=O) groups excluding carboxylic acids is 3. The van der Waals surface area contributed by atoms with Crippen LogP contribution >= 0.6 is 0 Å². The van der Waals surface area contributed by atoms with Gasteiger partial charge in [0.05, 0.1) is 23.8 Å². The maximum atomic E-state index is 12.4. The van der Waals surface area contributed by atoms with E-state index in [9.17, 15) is 14.4 Å². The van der Waals surface area contributed by atoms with Crippen LogP contribution in [0.4, 0.5) is 5.69 Å². The molecule has 1 saturated heterocycles. The summed E-state index contributed by atoms with van der Waals surface area (Å²) in [5.74, 6) is -0.833. The molecule has 2 aliphatic heterocycles. The van der Waals surface area contributed by atoms with E-state index in [1.807, 2.05) is 0 Å². The average molecular weight is 288 g/mol. The van der Waals surface area contributed by atoms with Crippen molar-refractivity contribution in [2.45, 2.75) is 25.9 Å². The Morgan fingerprint density at radius 3 is 2.76 bits per heavy atom. The molecule has 21 heavy (non-hydrogen) atoms. The Morgan fingerprint density at radius 1 is 1.33 bits per heavy atom. The summed E-state index contributed by atoms with van der Waals surface area (Å²) in [5, 5.41) is 2.61. The second-order valence-electron chi connectivity index (χ2n) is 5.30. The Kier molecular flexibility index (Phi) is 3.47. The van der Waals surface area contributed by atoms with Gasteiger partial charge in [-0.15, -0.1) is 0 Å². The van der Waals surface area contributed by atoms with Gasteiger partial charge in [-0.05, 0) is 31.0 Å². The van der Waals surface area contributed by atoms with Crippen LogP contribution in [0.2, 0.25) is 0 Å². The van der Waals surface area contributed by atoms with Crippen molar-refractivity contribution in [1.29, 1.82) is 0 Å². The first-order valence-electron chi connectivity index (χ1n) is 6.95. The maximum Gasteiger partial charge on any atom is 0.261 e. The zero-order valence-electron chi connectivity index (χ0n) is 11.7. The number of hydrogen-bond donors (Lipinski definition) is 1. The minimum Gasteiger partial charge on any atom is -0.376 e. The van der Waals surface area contributed by atoms with Crippen LogP contribution in [-0.2, 0) is 9.53 Å². The molecule has 2 heterocycles. The lowest BCUT2D eigenvalue weighted by Gasteiger charge is -2.17. The molecule has 0 aromatic heterocycles. The molecule has 0 bridgehead atoms. The fourth-order valence-corrected chi connectivity index (χ4v) is 2.73. The van der Waals surface area contributed by atoms with Gasteiger partial charge in [-0.3, -0.25) is 19.3 Å². The first kappa shape index (κ1) is 13.8. The molecule has 6 heteroatoms. The van der Waals surface area contributed by atoms with Crippen LogP contribution in [0.25, 0.3) is 0 Å². The molecule has 0 radical (unpaired) electrons. The number of ether oxygens (including phenoxy) is 1. The SMILES string of the molecule is CC(=O)Nc1ccc2c(c1)C(=O)N(CC1CCCO1)C2=O. The number of amides is 3. The zero-order valence-corrected chi connectivity index (χ0v) is 11.7. The molecule has 3 amide bonds. The molecule has 0 aliphatic carbocycles. The third-order valence-corrected chi connectivity index (χ3v) is 3.70. The highest BCUT2D eigenvalue weighted by Gasteiger charge is 2.37. The smallest absolute Gasteiger partial charge is 0.261 e. The van der Waals surface area contributed by atoms with Gasteiger partial charge in [-0.1, -0.05) is 0 Å². The van der Waals surface area contributed by atoms with Crippen LogP contribution in [0.1, 0.15) is 40.5 Å². The molecule has 1 aromatic carbocycles. The van der Waals surface area contributed by atoms with Gasteiger partial charge in [0.25, 0.3) is 11.8 Å². The fourth-order valence-electron chi connectivity index (χ4n) is 2.73. The Labute approximate surface area is 122 Å². The van der Waals surface area contributed by atoms with Gasteiger partial charge in [0.2, 0.25) is 5.91 Å². The van der Waals surface area contributed by atoms with Gasteiger partial charge in [-0.2, -0.15) is 0 Å². The van der Waals surface area contributed by atoms with Crippen LogP contribution in [0.3, 0.4) is 0 Å². The largest absolute Gasteiger partial charge is 0.376 e. The van der Waals surface area contributed by atoms with Gasteiger partial charge >= 0.3 is 0 Å². The van der Waals surface area contributed by atoms with Crippen LogP contribution in [0.5, 0.6) is 0 Å². The molecule has 0 spiro atoms. The van der Waals surface area contributed by atoms with Crippen LogP contribution in [0.15, 0.2) is 18.2 Å². The lowest BCUT2D eigenvalue weighted by molar-refractivity contribution is -0.114. The minimum atomic E-state index is -0.322. The van der Waals surface area contributed by atoms with Crippen molar-refractivity contribution >= 4 is 23.4 Å². The van der Waals surface area contributed by atoms with E-state index in [1.165, 1.54) is 11.8 Å². The van der Waals surface area contributed by atoms with E-state index in [0.717, 1.165) is 12.8 Å². The molecular weight excluding hydrogens is 272 g/mol. The summed E-state index contributed by atoms with van der Waals surface area (Å²) in [6.07, 6.45) is 1.76. The van der Waals surface area contributed by atoms with E-state index in [1.54, 1.807) is 18.2 Å². The highest BCUT2D eigenvalue weighted by Crippen LogP contribution is 2.27. The number of benzene rings is 1. The summed E-state index contributed by atoms with van der Waals surface area (Å²) < 4.78 is 5.48. The molecule has 1 fully saturated rings. The molecule has 110 valence electrons. The number of rotatable bonds is 3. The number of imide groups is 1. The number of nitrogens with zero attached hydrogens (tertiary/aromatic N) is 1. The standard InChI is InChI=1S/C15H16N2O4/c1-9(18)16-10-4-5-12-13(7-10)15(20)17(14(12)19)8-11-3-2-6-21-11/h4-5,7,11H,2-3,6,8H2,1H3,(H,16,18). The van der Waals surface area contributed by atoms with E-state index >= 15 is 0 Å². The highest BCUT2D eigenvalue weighted by molar-refractivity contribution is 6.21. The van der Waals surface area contributed by atoms with Crippen molar-refractivity contribution in [2.24, 2.45) is 0 Å². The molecule has 3 rings (SSSR count). The van der Waals surface area contributed by atoms with Gasteiger partial charge < -0.3 is 10.1 Å². The first-order valence-corrected chi connectivity index (χ1v) is 6.95. The molecule has 2 aliphatic rings. The lowest BCUT2D eigenvalue weighted by atomic mass is 10.1. The topological polar surface area (TPSA) is 75.7 Å². The number of carbonyl (C=O) groups is 3. The van der Waals surface area contributed by atoms with Crippen molar-refractivity contribution in [2.75, 3.05) is 18.5 Å². The van der Waals surface area contributed by atoms with Crippen molar-refractivity contribution in [3.05, 3.63) is 29.3 Å². The second kappa shape index (κ2) is 5.29. The van der Waals surface area contributed by atoms with Crippen molar-refractivity contribution in [3.8, 4) is 0 Å². The Bertz CT molecular complexity index is 620. The zero-order chi connectivity index (χ0) is 15.0. The van der Waals surface area contributed by atoms with Crippen LogP contribution < -0.4 is 5.32 Å². The maximum absolute atomic E-state index is 12.4. The lowest BCUT2D eigenvalue weighted by Crippen LogP contribution is -2.36. The van der Waals surface area contributed by atoms with Crippen molar-refractivity contribution < 1.29 is 19.1 Å². The third-order valence-electron chi connectivity index (χ3n) is 3.70. The van der Waals surface area contributed by atoms with Crippen molar-refractivity contribution in [3.63, 3.8) is 0 Å². The van der Waals surface area contributed by atoms with Gasteiger partial charge in [0, 0.05) is 19.2 Å². The summed E-state index contributed by atoms with van der Waals surface area (Å²) in [7, 11) is 0. The summed E-state index contributed by atoms with van der Waals surface area (Å²) in [6.45, 7) is 2.37. The molecule has 1 N–H and O–H groups in total. The van der Waals surface area contributed by atoms with E-state index in [0.29, 0.717) is 30.0 Å². The quantitative estimate of drug-likeness (QED) is 0.853. The summed E-state index contributed by atoms with van der Waals surface area (Å²) in [6, 6.07) is 4.75. The highest BCUT2D eigenvalue weighted by atomic mass is 16.5. The van der Waals surface area contributed by atoms with Gasteiger partial charge in [0.1, 0.15) is 0 Å². The molecule has 1 atom stereocenters. The molecule has 1 aromatic rings. The minimum absolute atomic E-state index is 0.0676. The van der Waals surface area contributed by atoms with E-state index in [2.05, 4.69) is 5.32 Å². The number of hydrogen-bond acceptors (Lipinski definition) is 4. The second-order valence-corrected chi connectivity index (χ2v) is 5.30. The predicted octanol–water partition coefficient (Wildman–Crippen LogP) is 1.42. The van der Waals surface area contributed by atoms with E-state index in [-0.39, 0.29) is 23.8 Å². The molecule has 1 unspecified atom stereocenters. The third kappa shape index (κ3) is 2.54. The Hall–Kier alpha value is -2.21. The number of nitrogens with one attached hydrogen (secondary N) is 1. The molecule has 0 saturated carbocycles. The predicted molar refractivity (Wildman–Crippen MR) is 75.1 cm³/mol. The van der Waals surface area contributed by atoms with E-state index < -0.39 is 0 Å².